The van der Waals surface area contributed by atoms with E-state index in [9.17, 15) is 25.3 Å². The number of benzene rings is 2. The Morgan fingerprint density at radius 1 is 1.31 bits per heavy atom. The van der Waals surface area contributed by atoms with Crippen molar-refractivity contribution in [3.8, 4) is 6.07 Å². The first kappa shape index (κ1) is 17.3. The van der Waals surface area contributed by atoms with E-state index in [2.05, 4.69) is 4.98 Å². The van der Waals surface area contributed by atoms with Gasteiger partial charge in [-0.05, 0) is 31.2 Å². The Morgan fingerprint density at radius 3 is 2.69 bits per heavy atom. The first-order valence-electron chi connectivity index (χ1n) is 7.41. The van der Waals surface area contributed by atoms with E-state index in [0.717, 1.165) is 11.3 Å². The third kappa shape index (κ3) is 3.03. The van der Waals surface area contributed by atoms with E-state index in [-0.39, 0.29) is 27.6 Å². The van der Waals surface area contributed by atoms with Crippen molar-refractivity contribution in [2.45, 2.75) is 6.92 Å². The van der Waals surface area contributed by atoms with Crippen molar-refractivity contribution in [3.05, 3.63) is 79.1 Å². The van der Waals surface area contributed by atoms with Crippen LogP contribution in [0.5, 0.6) is 0 Å². The van der Waals surface area contributed by atoms with E-state index in [1.165, 1.54) is 25.1 Å². The lowest BCUT2D eigenvalue weighted by molar-refractivity contribution is -0.385. The molecule has 1 N–H and O–H groups in total. The van der Waals surface area contributed by atoms with Crippen LogP contribution in [0, 0.1) is 28.4 Å². The van der Waals surface area contributed by atoms with Crippen LogP contribution in [0.15, 0.2) is 47.3 Å². The number of nitriles is 1. The fourth-order valence-corrected chi connectivity index (χ4v) is 3.47. The summed E-state index contributed by atoms with van der Waals surface area (Å²) in [5.41, 5.74) is -0.162. The van der Waals surface area contributed by atoms with Gasteiger partial charge in [0.05, 0.1) is 10.3 Å². The molecule has 0 aliphatic heterocycles. The summed E-state index contributed by atoms with van der Waals surface area (Å²) in [4.78, 5) is 26.4. The van der Waals surface area contributed by atoms with Crippen LogP contribution in [0.25, 0.3) is 21.4 Å². The van der Waals surface area contributed by atoms with Gasteiger partial charge in [-0.15, -0.1) is 11.3 Å². The monoisotopic (exact) mass is 365 g/mol. The van der Waals surface area contributed by atoms with E-state index < -0.39 is 10.5 Å². The van der Waals surface area contributed by atoms with E-state index in [1.54, 1.807) is 24.3 Å². The fourth-order valence-electron chi connectivity index (χ4n) is 2.47. The molecule has 0 saturated carbocycles. The molecule has 128 valence electrons. The van der Waals surface area contributed by atoms with Gasteiger partial charge in [0.1, 0.15) is 22.4 Å². The second-order valence-corrected chi connectivity index (χ2v) is 6.44. The highest BCUT2D eigenvalue weighted by molar-refractivity contribution is 7.19. The highest BCUT2D eigenvalue weighted by Crippen LogP contribution is 2.29. The Balaban J connectivity index is 2.19. The number of allylic oxidation sites excluding steroid dienone is 1. The lowest BCUT2D eigenvalue weighted by atomic mass is 10.1. The largest absolute Gasteiger partial charge is 0.506 e. The van der Waals surface area contributed by atoms with Crippen LogP contribution in [0.4, 0.5) is 5.69 Å². The minimum Gasteiger partial charge on any atom is -0.506 e. The van der Waals surface area contributed by atoms with Gasteiger partial charge in [-0.25, -0.2) is 0 Å². The lowest BCUT2D eigenvalue weighted by Crippen LogP contribution is -2.07. The average molecular weight is 365 g/mol. The summed E-state index contributed by atoms with van der Waals surface area (Å²) in [6.07, 6.45) is 0. The summed E-state index contributed by atoms with van der Waals surface area (Å²) < 4.78 is 0.642. The molecule has 1 heterocycles. The summed E-state index contributed by atoms with van der Waals surface area (Å²) in [6.45, 7) is 1.54. The second kappa shape index (κ2) is 6.74. The molecule has 3 aromatic rings. The predicted octanol–water partition coefficient (Wildman–Crippen LogP) is 3.82. The quantitative estimate of drug-likeness (QED) is 0.326. The molecule has 0 aliphatic rings. The summed E-state index contributed by atoms with van der Waals surface area (Å²) in [7, 11) is 0. The van der Waals surface area contributed by atoms with Gasteiger partial charge < -0.3 is 5.11 Å². The lowest BCUT2D eigenvalue weighted by Gasteiger charge is -2.06. The zero-order valence-corrected chi connectivity index (χ0v) is 14.3. The van der Waals surface area contributed by atoms with Crippen molar-refractivity contribution >= 4 is 38.4 Å². The second-order valence-electron chi connectivity index (χ2n) is 5.41. The maximum Gasteiger partial charge on any atom is 0.279 e. The number of rotatable bonds is 3. The molecular formula is C18H11N3O4S. The molecule has 0 fully saturated rings. The maximum absolute atomic E-state index is 12.2. The molecule has 0 aliphatic carbocycles. The summed E-state index contributed by atoms with van der Waals surface area (Å²) >= 11 is 1.11. The Bertz CT molecular complexity index is 1180. The van der Waals surface area contributed by atoms with Crippen LogP contribution >= 0.6 is 11.3 Å². The Morgan fingerprint density at radius 2 is 2.04 bits per heavy atom. The fraction of sp³-hybridized carbons (Fsp3) is 0.0556. The molecule has 0 spiro atoms. The molecule has 2 aromatic carbocycles. The Labute approximate surface area is 151 Å². The predicted molar refractivity (Wildman–Crippen MR) is 98.8 cm³/mol. The first-order valence-corrected chi connectivity index (χ1v) is 8.23. The SMILES string of the molecule is Cc1cc(C(O)=C(C#N)c2nc(=O)c3ccccc3s2)ccc1[N+](=O)[O-]. The number of hydrogen-bond donors (Lipinski definition) is 1. The molecule has 0 unspecified atom stereocenters. The summed E-state index contributed by atoms with van der Waals surface area (Å²) in [6, 6.07) is 12.7. The maximum atomic E-state index is 12.2. The molecule has 3 rings (SSSR count). The van der Waals surface area contributed by atoms with E-state index in [0.29, 0.717) is 15.6 Å². The summed E-state index contributed by atoms with van der Waals surface area (Å²) in [5, 5.41) is 31.4. The minimum atomic E-state index is -0.526. The molecule has 26 heavy (non-hydrogen) atoms. The number of hydrogen-bond acceptors (Lipinski definition) is 7. The number of fused-ring (bicyclic) bond motifs is 1. The molecule has 0 radical (unpaired) electrons. The van der Waals surface area contributed by atoms with Crippen molar-refractivity contribution in [1.82, 2.24) is 4.98 Å². The topological polar surface area (TPSA) is 117 Å². The van der Waals surface area contributed by atoms with Gasteiger partial charge in [0.2, 0.25) is 0 Å². The van der Waals surface area contributed by atoms with Crippen LogP contribution in [-0.4, -0.2) is 15.0 Å². The molecule has 0 atom stereocenters. The zero-order valence-electron chi connectivity index (χ0n) is 13.5. The number of aliphatic hydroxyl groups is 1. The standard InChI is InChI=1S/C18H11N3O4S/c1-10-8-11(6-7-14(10)21(24)25)16(22)13(9-19)18-20-17(23)12-4-2-3-5-15(12)26-18/h2-8,22H,1H3. The number of aryl methyl sites for hydroxylation is 1. The molecule has 0 saturated heterocycles. The van der Waals surface area contributed by atoms with Crippen molar-refractivity contribution in [1.29, 1.82) is 5.26 Å². The molecular weight excluding hydrogens is 354 g/mol. The molecule has 1 aromatic heterocycles. The number of aliphatic hydroxyl groups excluding tert-OH is 1. The average Bonchev–Trinajstić information content (AvgIpc) is 2.62. The Kier molecular flexibility index (Phi) is 4.47. The molecule has 0 bridgehead atoms. The number of aromatic nitrogens is 1. The van der Waals surface area contributed by atoms with E-state index >= 15 is 0 Å². The Hall–Kier alpha value is -3.57. The van der Waals surface area contributed by atoms with Crippen LogP contribution < -0.4 is 5.56 Å². The third-order valence-electron chi connectivity index (χ3n) is 3.76. The van der Waals surface area contributed by atoms with Gasteiger partial charge in [0.15, 0.2) is 0 Å². The van der Waals surface area contributed by atoms with Crippen molar-refractivity contribution in [2.24, 2.45) is 0 Å². The van der Waals surface area contributed by atoms with Crippen molar-refractivity contribution in [3.63, 3.8) is 0 Å². The zero-order chi connectivity index (χ0) is 18.8. The van der Waals surface area contributed by atoms with Gasteiger partial charge in [0, 0.05) is 21.9 Å². The van der Waals surface area contributed by atoms with Crippen LogP contribution in [0.2, 0.25) is 0 Å². The van der Waals surface area contributed by atoms with E-state index in [1.807, 2.05) is 6.07 Å². The van der Waals surface area contributed by atoms with Gasteiger partial charge in [-0.2, -0.15) is 10.2 Å². The normalized spacial score (nSPS) is 11.7. The van der Waals surface area contributed by atoms with Gasteiger partial charge >= 0.3 is 0 Å². The summed E-state index contributed by atoms with van der Waals surface area (Å²) in [5.74, 6) is -0.385. The molecule has 8 heteroatoms. The van der Waals surface area contributed by atoms with Crippen molar-refractivity contribution < 1.29 is 10.0 Å². The third-order valence-corrected chi connectivity index (χ3v) is 4.82. The highest BCUT2D eigenvalue weighted by Gasteiger charge is 2.17. The van der Waals surface area contributed by atoms with Crippen LogP contribution in [0.1, 0.15) is 16.1 Å². The van der Waals surface area contributed by atoms with Gasteiger partial charge in [0.25, 0.3) is 11.2 Å². The molecule has 7 nitrogen and oxygen atoms in total. The minimum absolute atomic E-state index is 0.0877. The number of nitrogens with zero attached hydrogens (tertiary/aromatic N) is 3. The van der Waals surface area contributed by atoms with Gasteiger partial charge in [-0.1, -0.05) is 12.1 Å². The van der Waals surface area contributed by atoms with E-state index in [4.69, 9.17) is 0 Å². The smallest absolute Gasteiger partial charge is 0.279 e. The number of nitro groups is 1. The number of nitro benzene ring substituents is 1. The van der Waals surface area contributed by atoms with Crippen LogP contribution in [-0.2, 0) is 0 Å². The van der Waals surface area contributed by atoms with Crippen molar-refractivity contribution in [2.75, 3.05) is 0 Å². The first-order chi connectivity index (χ1) is 12.4. The van der Waals surface area contributed by atoms with Crippen LogP contribution in [0.3, 0.4) is 0 Å². The molecule has 0 amide bonds. The highest BCUT2D eigenvalue weighted by atomic mass is 32.1. The van der Waals surface area contributed by atoms with Gasteiger partial charge in [-0.3, -0.25) is 14.9 Å².